The van der Waals surface area contributed by atoms with Gasteiger partial charge in [0.2, 0.25) is 5.92 Å². The molecule has 0 saturated heterocycles. The second-order valence-electron chi connectivity index (χ2n) is 5.23. The van der Waals surface area contributed by atoms with Crippen LogP contribution in [0, 0.1) is 5.92 Å². The second-order valence-corrected chi connectivity index (χ2v) is 5.23. The predicted molar refractivity (Wildman–Crippen MR) is 73.2 cm³/mol. The van der Waals surface area contributed by atoms with E-state index < -0.39 is 42.8 Å². The first-order valence-corrected chi connectivity index (χ1v) is 6.84. The number of alkyl carbamates (subject to hydrolysis) is 1. The molecule has 0 aliphatic heterocycles. The molecular weight excluding hydrogens is 296 g/mol. The molecule has 1 aromatic carbocycles. The fourth-order valence-electron chi connectivity index (χ4n) is 2.33. The Hall–Kier alpha value is -2.18. The van der Waals surface area contributed by atoms with E-state index in [1.165, 1.54) is 0 Å². The molecule has 1 atom stereocenters. The normalized spacial score (nSPS) is 18.0. The molecule has 2 rings (SSSR count). The average Bonchev–Trinajstić information content (AvgIpc) is 2.48. The van der Waals surface area contributed by atoms with Crippen molar-refractivity contribution >= 4 is 12.1 Å². The number of esters is 1. The molecule has 1 fully saturated rings. The molecule has 1 amide bonds. The van der Waals surface area contributed by atoms with Crippen molar-refractivity contribution in [2.24, 2.45) is 5.92 Å². The molecule has 0 spiro atoms. The van der Waals surface area contributed by atoms with Gasteiger partial charge in [-0.05, 0) is 5.56 Å². The Morgan fingerprint density at radius 1 is 1.32 bits per heavy atom. The summed E-state index contributed by atoms with van der Waals surface area (Å²) in [5.41, 5.74) is 0.780. The van der Waals surface area contributed by atoms with Gasteiger partial charge in [-0.25, -0.2) is 18.4 Å². The molecule has 1 aromatic rings. The zero-order chi connectivity index (χ0) is 16.2. The van der Waals surface area contributed by atoms with Crippen molar-refractivity contribution in [1.82, 2.24) is 5.32 Å². The molecule has 0 bridgehead atoms. The maximum Gasteiger partial charge on any atom is 0.408 e. The summed E-state index contributed by atoms with van der Waals surface area (Å²) in [6.07, 6.45) is -1.74. The minimum Gasteiger partial charge on any atom is -0.467 e. The fraction of sp³-hybridized carbons (Fsp3) is 0.467. The van der Waals surface area contributed by atoms with Gasteiger partial charge < -0.3 is 14.8 Å². The molecule has 1 aliphatic carbocycles. The zero-order valence-corrected chi connectivity index (χ0v) is 12.1. The molecule has 22 heavy (non-hydrogen) atoms. The highest BCUT2D eigenvalue weighted by Crippen LogP contribution is 2.44. The summed E-state index contributed by atoms with van der Waals surface area (Å²) in [5, 5.41) is 2.31. The van der Waals surface area contributed by atoms with E-state index in [-0.39, 0.29) is 6.61 Å². The summed E-state index contributed by atoms with van der Waals surface area (Å²) in [6, 6.07) is 7.85. The number of nitrogens with one attached hydrogen (secondary N) is 1. The number of rotatable bonds is 5. The predicted octanol–water partition coefficient (Wildman–Crippen LogP) is 2.50. The van der Waals surface area contributed by atoms with E-state index >= 15 is 0 Å². The first-order chi connectivity index (χ1) is 10.4. The Kier molecular flexibility index (Phi) is 4.95. The van der Waals surface area contributed by atoms with Crippen LogP contribution in [0.15, 0.2) is 30.3 Å². The highest BCUT2D eigenvalue weighted by Gasteiger charge is 2.51. The lowest BCUT2D eigenvalue weighted by Crippen LogP contribution is -2.53. The highest BCUT2D eigenvalue weighted by atomic mass is 19.3. The molecule has 7 heteroatoms. The lowest BCUT2D eigenvalue weighted by molar-refractivity contribution is -0.155. The molecule has 1 unspecified atom stereocenters. The number of amides is 1. The highest BCUT2D eigenvalue weighted by molar-refractivity contribution is 5.81. The summed E-state index contributed by atoms with van der Waals surface area (Å²) in [7, 11) is 1.14. The van der Waals surface area contributed by atoms with Crippen LogP contribution >= 0.6 is 0 Å². The number of carbonyl (C=O) groups excluding carboxylic acids is 2. The van der Waals surface area contributed by atoms with E-state index in [1.54, 1.807) is 24.3 Å². The third-order valence-corrected chi connectivity index (χ3v) is 3.53. The summed E-state index contributed by atoms with van der Waals surface area (Å²) in [6.45, 7) is 0.0292. The number of hydrogen-bond donors (Lipinski definition) is 1. The third-order valence-electron chi connectivity index (χ3n) is 3.53. The number of halogens is 2. The van der Waals surface area contributed by atoms with Gasteiger partial charge in [0.1, 0.15) is 12.6 Å². The van der Waals surface area contributed by atoms with Crippen molar-refractivity contribution in [2.45, 2.75) is 31.4 Å². The van der Waals surface area contributed by atoms with Gasteiger partial charge in [0, 0.05) is 18.8 Å². The Balaban J connectivity index is 1.87. The summed E-state index contributed by atoms with van der Waals surface area (Å²) >= 11 is 0. The van der Waals surface area contributed by atoms with Gasteiger partial charge in [-0.15, -0.1) is 0 Å². The van der Waals surface area contributed by atoms with E-state index in [2.05, 4.69) is 10.1 Å². The summed E-state index contributed by atoms with van der Waals surface area (Å²) in [5.74, 6) is -4.18. The van der Waals surface area contributed by atoms with Crippen molar-refractivity contribution in [3.63, 3.8) is 0 Å². The molecule has 0 radical (unpaired) electrons. The first kappa shape index (κ1) is 16.2. The smallest absolute Gasteiger partial charge is 0.408 e. The molecule has 120 valence electrons. The van der Waals surface area contributed by atoms with Crippen molar-refractivity contribution in [1.29, 1.82) is 0 Å². The molecular formula is C15H17F2NO4. The van der Waals surface area contributed by atoms with E-state index in [0.717, 1.165) is 12.7 Å². The van der Waals surface area contributed by atoms with Crippen LogP contribution in [-0.4, -0.2) is 31.1 Å². The van der Waals surface area contributed by atoms with Crippen LogP contribution in [0.4, 0.5) is 13.6 Å². The van der Waals surface area contributed by atoms with Gasteiger partial charge in [-0.2, -0.15) is 0 Å². The van der Waals surface area contributed by atoms with Gasteiger partial charge in [0.15, 0.2) is 0 Å². The van der Waals surface area contributed by atoms with Crippen LogP contribution in [0.5, 0.6) is 0 Å². The SMILES string of the molecule is COC(=O)C(NC(=O)OCc1ccccc1)C1CC(F)(F)C1. The number of ether oxygens (including phenoxy) is 2. The molecule has 5 nitrogen and oxygen atoms in total. The van der Waals surface area contributed by atoms with Gasteiger partial charge in [0.05, 0.1) is 7.11 Å². The molecule has 0 aromatic heterocycles. The van der Waals surface area contributed by atoms with Crippen LogP contribution in [0.25, 0.3) is 0 Å². The quantitative estimate of drug-likeness (QED) is 0.848. The topological polar surface area (TPSA) is 64.6 Å². The Bertz CT molecular complexity index is 528. The maximum absolute atomic E-state index is 12.9. The molecule has 0 heterocycles. The minimum atomic E-state index is -2.79. The van der Waals surface area contributed by atoms with Crippen molar-refractivity contribution in [3.8, 4) is 0 Å². The van der Waals surface area contributed by atoms with Crippen LogP contribution in [0.1, 0.15) is 18.4 Å². The van der Waals surface area contributed by atoms with Gasteiger partial charge >= 0.3 is 12.1 Å². The standard InChI is InChI=1S/C15H17F2NO4/c1-21-13(19)12(11-7-15(16,17)8-11)18-14(20)22-9-10-5-3-2-4-6-10/h2-6,11-12H,7-9H2,1H3,(H,18,20). The Labute approximate surface area is 126 Å². The molecule has 1 N–H and O–H groups in total. The van der Waals surface area contributed by atoms with E-state index in [0.29, 0.717) is 0 Å². The number of methoxy groups -OCH3 is 1. The largest absolute Gasteiger partial charge is 0.467 e. The number of hydrogen-bond acceptors (Lipinski definition) is 4. The van der Waals surface area contributed by atoms with Crippen molar-refractivity contribution in [2.75, 3.05) is 7.11 Å². The van der Waals surface area contributed by atoms with Crippen LogP contribution in [-0.2, 0) is 20.9 Å². The molecule has 1 aliphatic rings. The van der Waals surface area contributed by atoms with Gasteiger partial charge in [0.25, 0.3) is 0 Å². The van der Waals surface area contributed by atoms with Crippen LogP contribution in [0.2, 0.25) is 0 Å². The number of carbonyl (C=O) groups is 2. The second kappa shape index (κ2) is 6.72. The third kappa shape index (κ3) is 4.16. The summed E-state index contributed by atoms with van der Waals surface area (Å²) < 4.78 is 35.4. The minimum absolute atomic E-state index is 0.0292. The monoisotopic (exact) mass is 313 g/mol. The van der Waals surface area contributed by atoms with E-state index in [9.17, 15) is 18.4 Å². The van der Waals surface area contributed by atoms with Crippen LogP contribution < -0.4 is 5.32 Å². The van der Waals surface area contributed by atoms with Crippen molar-refractivity contribution in [3.05, 3.63) is 35.9 Å². The van der Waals surface area contributed by atoms with Gasteiger partial charge in [-0.1, -0.05) is 30.3 Å². The van der Waals surface area contributed by atoms with Crippen LogP contribution in [0.3, 0.4) is 0 Å². The number of benzene rings is 1. The maximum atomic E-state index is 12.9. The average molecular weight is 313 g/mol. The van der Waals surface area contributed by atoms with E-state index in [1.807, 2.05) is 6.07 Å². The Morgan fingerprint density at radius 3 is 2.50 bits per heavy atom. The first-order valence-electron chi connectivity index (χ1n) is 6.84. The number of alkyl halides is 2. The Morgan fingerprint density at radius 2 is 1.95 bits per heavy atom. The molecule has 1 saturated carbocycles. The fourth-order valence-corrected chi connectivity index (χ4v) is 2.33. The van der Waals surface area contributed by atoms with E-state index in [4.69, 9.17) is 4.74 Å². The lowest BCUT2D eigenvalue weighted by Gasteiger charge is -2.38. The van der Waals surface area contributed by atoms with Gasteiger partial charge in [-0.3, -0.25) is 0 Å². The zero-order valence-electron chi connectivity index (χ0n) is 12.1. The lowest BCUT2D eigenvalue weighted by atomic mass is 9.76. The van der Waals surface area contributed by atoms with Crippen molar-refractivity contribution < 1.29 is 27.8 Å². The summed E-state index contributed by atoms with van der Waals surface area (Å²) in [4.78, 5) is 23.4.